The van der Waals surface area contributed by atoms with E-state index in [9.17, 15) is 4.79 Å². The van der Waals surface area contributed by atoms with E-state index in [-0.39, 0.29) is 0 Å². The van der Waals surface area contributed by atoms with Crippen molar-refractivity contribution in [2.24, 2.45) is 0 Å². The van der Waals surface area contributed by atoms with Crippen molar-refractivity contribution in [2.75, 3.05) is 0 Å². The second-order valence-electron chi connectivity index (χ2n) is 4.20. The average Bonchev–Trinajstić information content (AvgIpc) is 2.46. The second-order valence-corrected chi connectivity index (χ2v) is 4.20. The van der Waals surface area contributed by atoms with Gasteiger partial charge in [-0.15, -0.1) is 0 Å². The molecule has 0 spiro atoms. The van der Waals surface area contributed by atoms with Crippen molar-refractivity contribution in [1.82, 2.24) is 4.98 Å². The maximum atomic E-state index is 10.4. The quantitative estimate of drug-likeness (QED) is 0.849. The largest absolute Gasteiger partial charge is 0.478 e. The summed E-state index contributed by atoms with van der Waals surface area (Å²) >= 11 is 0. The summed E-state index contributed by atoms with van der Waals surface area (Å²) in [4.78, 5) is 14.8. The third-order valence-electron chi connectivity index (χ3n) is 2.86. The first-order valence-electron chi connectivity index (χ1n) is 6.15. The van der Waals surface area contributed by atoms with Gasteiger partial charge >= 0.3 is 5.97 Å². The zero-order valence-electron chi connectivity index (χ0n) is 10.7. The van der Waals surface area contributed by atoms with E-state index in [1.54, 1.807) is 6.08 Å². The van der Waals surface area contributed by atoms with Crippen molar-refractivity contribution in [3.8, 4) is 11.3 Å². The molecular weight excluding hydrogens is 238 g/mol. The van der Waals surface area contributed by atoms with Crippen LogP contribution in [0.15, 0.2) is 48.7 Å². The van der Waals surface area contributed by atoms with E-state index in [4.69, 9.17) is 5.11 Å². The first kappa shape index (κ1) is 13.0. The summed E-state index contributed by atoms with van der Waals surface area (Å²) in [6.45, 7) is 2.10. The number of pyridine rings is 1. The number of hydrogen-bond acceptors (Lipinski definition) is 2. The zero-order valence-corrected chi connectivity index (χ0v) is 10.7. The summed E-state index contributed by atoms with van der Waals surface area (Å²) in [5, 5.41) is 8.56. The Morgan fingerprint density at radius 1 is 1.21 bits per heavy atom. The molecule has 1 heterocycles. The monoisotopic (exact) mass is 253 g/mol. The van der Waals surface area contributed by atoms with Crippen molar-refractivity contribution in [2.45, 2.75) is 13.3 Å². The minimum atomic E-state index is -0.944. The number of benzene rings is 1. The Hall–Kier alpha value is -2.42. The fourth-order valence-electron chi connectivity index (χ4n) is 1.74. The molecule has 19 heavy (non-hydrogen) atoms. The van der Waals surface area contributed by atoms with Crippen LogP contribution in [-0.2, 0) is 11.2 Å². The van der Waals surface area contributed by atoms with Crippen molar-refractivity contribution in [3.63, 3.8) is 0 Å². The molecule has 1 aromatic heterocycles. The molecule has 2 aromatic rings. The van der Waals surface area contributed by atoms with Gasteiger partial charge in [0.1, 0.15) is 0 Å². The van der Waals surface area contributed by atoms with Crippen molar-refractivity contribution in [3.05, 3.63) is 59.8 Å². The van der Waals surface area contributed by atoms with Crippen LogP contribution in [0.1, 0.15) is 18.1 Å². The van der Waals surface area contributed by atoms with Crippen LogP contribution >= 0.6 is 0 Å². The number of aryl methyl sites for hydroxylation is 1. The Labute approximate surface area is 112 Å². The van der Waals surface area contributed by atoms with Crippen molar-refractivity contribution >= 4 is 12.0 Å². The van der Waals surface area contributed by atoms with E-state index in [1.807, 2.05) is 36.5 Å². The molecule has 96 valence electrons. The van der Waals surface area contributed by atoms with Crippen molar-refractivity contribution < 1.29 is 9.90 Å². The van der Waals surface area contributed by atoms with E-state index in [2.05, 4.69) is 18.0 Å². The molecule has 0 saturated carbocycles. The SMILES string of the molecule is CCc1ccc(-c2ccc(/C=C/C(=O)O)cc2)nc1. The lowest BCUT2D eigenvalue weighted by Gasteiger charge is -2.02. The average molecular weight is 253 g/mol. The van der Waals surface area contributed by atoms with Crippen LogP contribution in [0, 0.1) is 0 Å². The molecule has 2 rings (SSSR count). The smallest absolute Gasteiger partial charge is 0.328 e. The molecule has 1 aromatic carbocycles. The van der Waals surface area contributed by atoms with E-state index in [0.29, 0.717) is 0 Å². The molecule has 0 unspecified atom stereocenters. The number of carbonyl (C=O) groups is 1. The Balaban J connectivity index is 2.19. The minimum Gasteiger partial charge on any atom is -0.478 e. The number of rotatable bonds is 4. The highest BCUT2D eigenvalue weighted by molar-refractivity contribution is 5.85. The van der Waals surface area contributed by atoms with Gasteiger partial charge in [-0.25, -0.2) is 4.79 Å². The second kappa shape index (κ2) is 5.96. The fourth-order valence-corrected chi connectivity index (χ4v) is 1.74. The third kappa shape index (κ3) is 3.52. The molecule has 0 radical (unpaired) electrons. The molecule has 0 aliphatic rings. The third-order valence-corrected chi connectivity index (χ3v) is 2.86. The van der Waals surface area contributed by atoms with Crippen LogP contribution in [0.4, 0.5) is 0 Å². The van der Waals surface area contributed by atoms with Crippen LogP contribution in [0.2, 0.25) is 0 Å². The molecule has 1 N–H and O–H groups in total. The lowest BCUT2D eigenvalue weighted by atomic mass is 10.1. The Bertz CT molecular complexity index is 583. The van der Waals surface area contributed by atoms with Crippen molar-refractivity contribution in [1.29, 1.82) is 0 Å². The summed E-state index contributed by atoms with van der Waals surface area (Å²) in [6, 6.07) is 11.7. The molecule has 0 amide bonds. The molecule has 0 bridgehead atoms. The first-order chi connectivity index (χ1) is 9.19. The fraction of sp³-hybridized carbons (Fsp3) is 0.125. The maximum absolute atomic E-state index is 10.4. The Morgan fingerprint density at radius 3 is 2.47 bits per heavy atom. The predicted octanol–water partition coefficient (Wildman–Crippen LogP) is 3.41. The summed E-state index contributed by atoms with van der Waals surface area (Å²) in [6.07, 6.45) is 5.56. The van der Waals surface area contributed by atoms with Gasteiger partial charge in [-0.1, -0.05) is 37.3 Å². The molecule has 0 aliphatic heterocycles. The molecule has 3 heteroatoms. The Kier molecular flexibility index (Phi) is 4.08. The summed E-state index contributed by atoms with van der Waals surface area (Å²) < 4.78 is 0. The van der Waals surface area contributed by atoms with Crippen LogP contribution < -0.4 is 0 Å². The molecular formula is C16H15NO2. The van der Waals surface area contributed by atoms with Gasteiger partial charge in [0.25, 0.3) is 0 Å². The highest BCUT2D eigenvalue weighted by Crippen LogP contribution is 2.18. The zero-order chi connectivity index (χ0) is 13.7. The number of carboxylic acid groups (broad SMARTS) is 1. The minimum absolute atomic E-state index is 0.858. The number of nitrogens with zero attached hydrogens (tertiary/aromatic N) is 1. The van der Waals surface area contributed by atoms with Gasteiger partial charge in [-0.05, 0) is 29.7 Å². The van der Waals surface area contributed by atoms with Gasteiger partial charge in [0.15, 0.2) is 0 Å². The summed E-state index contributed by atoms with van der Waals surface area (Å²) in [7, 11) is 0. The number of hydrogen-bond donors (Lipinski definition) is 1. The maximum Gasteiger partial charge on any atom is 0.328 e. The molecule has 0 atom stereocenters. The Morgan fingerprint density at radius 2 is 1.95 bits per heavy atom. The summed E-state index contributed by atoms with van der Waals surface area (Å²) in [5.74, 6) is -0.944. The van der Waals surface area contributed by atoms with E-state index >= 15 is 0 Å². The number of aliphatic carboxylic acids is 1. The molecule has 3 nitrogen and oxygen atoms in total. The predicted molar refractivity (Wildman–Crippen MR) is 75.7 cm³/mol. The van der Waals surface area contributed by atoms with Crippen LogP contribution in [-0.4, -0.2) is 16.1 Å². The van der Waals surface area contributed by atoms with Gasteiger partial charge in [0.05, 0.1) is 5.69 Å². The van der Waals surface area contributed by atoms with Crippen LogP contribution in [0.25, 0.3) is 17.3 Å². The lowest BCUT2D eigenvalue weighted by molar-refractivity contribution is -0.131. The normalized spacial score (nSPS) is 10.8. The first-order valence-corrected chi connectivity index (χ1v) is 6.15. The topological polar surface area (TPSA) is 50.2 Å². The van der Waals surface area contributed by atoms with Crippen LogP contribution in [0.3, 0.4) is 0 Å². The van der Waals surface area contributed by atoms with Gasteiger partial charge in [0.2, 0.25) is 0 Å². The van der Waals surface area contributed by atoms with Gasteiger partial charge in [-0.2, -0.15) is 0 Å². The summed E-state index contributed by atoms with van der Waals surface area (Å²) in [5.41, 5.74) is 4.02. The number of carboxylic acids is 1. The van der Waals surface area contributed by atoms with Gasteiger partial charge in [-0.3, -0.25) is 4.98 Å². The highest BCUT2D eigenvalue weighted by Gasteiger charge is 1.99. The molecule has 0 aliphatic carbocycles. The van der Waals surface area contributed by atoms with Gasteiger partial charge in [0, 0.05) is 17.8 Å². The molecule has 0 saturated heterocycles. The lowest BCUT2D eigenvalue weighted by Crippen LogP contribution is -1.87. The highest BCUT2D eigenvalue weighted by atomic mass is 16.4. The van der Waals surface area contributed by atoms with E-state index in [1.165, 1.54) is 5.56 Å². The standard InChI is InChI=1S/C16H15NO2/c1-2-12-5-9-15(17-11-12)14-7-3-13(4-8-14)6-10-16(18)19/h3-11H,2H2,1H3,(H,18,19)/b10-6+. The van der Waals surface area contributed by atoms with E-state index < -0.39 is 5.97 Å². The van der Waals surface area contributed by atoms with Gasteiger partial charge < -0.3 is 5.11 Å². The molecule has 0 fully saturated rings. The number of aromatic nitrogens is 1. The van der Waals surface area contributed by atoms with E-state index in [0.717, 1.165) is 29.3 Å². The van der Waals surface area contributed by atoms with Crippen LogP contribution in [0.5, 0.6) is 0 Å².